The van der Waals surface area contributed by atoms with Gasteiger partial charge < -0.3 is 16.0 Å². The number of pyridine rings is 1. The predicted molar refractivity (Wildman–Crippen MR) is 93.5 cm³/mol. The summed E-state index contributed by atoms with van der Waals surface area (Å²) in [5, 5.41) is 2.88. The molecular formula is C18H22N4O. The molecule has 120 valence electrons. The Kier molecular flexibility index (Phi) is 4.76. The van der Waals surface area contributed by atoms with Crippen molar-refractivity contribution in [3.05, 3.63) is 48.2 Å². The molecule has 2 aromatic rings. The number of hydrogen-bond acceptors (Lipinski definition) is 4. The fourth-order valence-corrected chi connectivity index (χ4v) is 2.86. The van der Waals surface area contributed by atoms with Gasteiger partial charge in [0.1, 0.15) is 5.82 Å². The first-order valence-electron chi connectivity index (χ1n) is 8.06. The van der Waals surface area contributed by atoms with Gasteiger partial charge >= 0.3 is 0 Å². The molecule has 0 radical (unpaired) electrons. The minimum atomic E-state index is -0.0666. The van der Waals surface area contributed by atoms with Gasteiger partial charge in [0.05, 0.1) is 18.3 Å². The van der Waals surface area contributed by atoms with Crippen molar-refractivity contribution >= 4 is 23.1 Å². The van der Waals surface area contributed by atoms with E-state index in [1.165, 1.54) is 19.3 Å². The average molecular weight is 310 g/mol. The molecule has 1 aliphatic heterocycles. The summed E-state index contributed by atoms with van der Waals surface area (Å²) in [6.45, 7) is 2.13. The van der Waals surface area contributed by atoms with Gasteiger partial charge in [-0.1, -0.05) is 12.1 Å². The summed E-state index contributed by atoms with van der Waals surface area (Å²) in [5.74, 6) is 0.918. The minimum absolute atomic E-state index is 0.0666. The molecule has 0 spiro atoms. The molecular weight excluding hydrogens is 288 g/mol. The zero-order chi connectivity index (χ0) is 16.1. The number of aromatic nitrogens is 1. The number of carbonyl (C=O) groups is 1. The highest BCUT2D eigenvalue weighted by Gasteiger charge is 2.12. The maximum absolute atomic E-state index is 12.1. The van der Waals surface area contributed by atoms with Crippen molar-refractivity contribution in [2.24, 2.45) is 0 Å². The first-order valence-corrected chi connectivity index (χ1v) is 8.06. The van der Waals surface area contributed by atoms with Crippen molar-refractivity contribution in [1.29, 1.82) is 0 Å². The standard InChI is InChI=1S/C18H22N4O/c19-15-6-4-5-14(11-15)12-18(23)21-16-7-8-17(20-13-16)22-9-2-1-3-10-22/h4-8,11,13H,1-3,9-10,12,19H2,(H,21,23). The number of nitrogens with one attached hydrogen (secondary N) is 1. The molecule has 1 aromatic carbocycles. The summed E-state index contributed by atoms with van der Waals surface area (Å²) in [6, 6.07) is 11.3. The third kappa shape index (κ3) is 4.22. The van der Waals surface area contributed by atoms with E-state index in [1.807, 2.05) is 36.4 Å². The largest absolute Gasteiger partial charge is 0.399 e. The fourth-order valence-electron chi connectivity index (χ4n) is 2.86. The van der Waals surface area contributed by atoms with Crippen molar-refractivity contribution in [2.45, 2.75) is 25.7 Å². The zero-order valence-corrected chi connectivity index (χ0v) is 13.2. The average Bonchev–Trinajstić information content (AvgIpc) is 2.56. The second-order valence-electron chi connectivity index (χ2n) is 5.92. The lowest BCUT2D eigenvalue weighted by atomic mass is 10.1. The van der Waals surface area contributed by atoms with E-state index >= 15 is 0 Å². The van der Waals surface area contributed by atoms with E-state index in [0.29, 0.717) is 12.1 Å². The third-order valence-electron chi connectivity index (χ3n) is 4.03. The first kappa shape index (κ1) is 15.3. The van der Waals surface area contributed by atoms with E-state index in [4.69, 9.17) is 5.73 Å². The second-order valence-corrected chi connectivity index (χ2v) is 5.92. The predicted octanol–water partition coefficient (Wildman–Crippen LogP) is 2.84. The Morgan fingerprint density at radius 1 is 1.17 bits per heavy atom. The fraction of sp³-hybridized carbons (Fsp3) is 0.333. The van der Waals surface area contributed by atoms with Gasteiger partial charge in [-0.15, -0.1) is 0 Å². The van der Waals surface area contributed by atoms with Crippen LogP contribution in [0.1, 0.15) is 24.8 Å². The molecule has 23 heavy (non-hydrogen) atoms. The molecule has 0 aliphatic carbocycles. The Morgan fingerprint density at radius 2 is 2.00 bits per heavy atom. The van der Waals surface area contributed by atoms with Crippen LogP contribution in [0.2, 0.25) is 0 Å². The number of nitrogens with two attached hydrogens (primary N) is 1. The minimum Gasteiger partial charge on any atom is -0.399 e. The summed E-state index contributed by atoms with van der Waals surface area (Å²) in [4.78, 5) is 18.9. The van der Waals surface area contributed by atoms with Crippen LogP contribution in [-0.2, 0) is 11.2 Å². The maximum atomic E-state index is 12.1. The Labute approximate surface area is 136 Å². The first-order chi connectivity index (χ1) is 11.2. The molecule has 1 aliphatic rings. The normalized spacial score (nSPS) is 14.5. The molecule has 5 heteroatoms. The quantitative estimate of drug-likeness (QED) is 0.852. The van der Waals surface area contributed by atoms with Gasteiger partial charge in [0.2, 0.25) is 5.91 Å². The van der Waals surface area contributed by atoms with Crippen molar-refractivity contribution < 1.29 is 4.79 Å². The van der Waals surface area contributed by atoms with Crippen LogP contribution in [0, 0.1) is 0 Å². The van der Waals surface area contributed by atoms with Gasteiger partial charge in [0.15, 0.2) is 0 Å². The number of nitrogen functional groups attached to an aromatic ring is 1. The lowest BCUT2D eigenvalue weighted by Crippen LogP contribution is -2.30. The van der Waals surface area contributed by atoms with Crippen LogP contribution in [0.15, 0.2) is 42.6 Å². The molecule has 3 N–H and O–H groups in total. The van der Waals surface area contributed by atoms with Gasteiger partial charge in [-0.05, 0) is 49.1 Å². The van der Waals surface area contributed by atoms with Crippen LogP contribution in [0.25, 0.3) is 0 Å². The molecule has 1 aromatic heterocycles. The lowest BCUT2D eigenvalue weighted by molar-refractivity contribution is -0.115. The number of rotatable bonds is 4. The number of nitrogens with zero attached hydrogens (tertiary/aromatic N) is 2. The monoisotopic (exact) mass is 310 g/mol. The third-order valence-corrected chi connectivity index (χ3v) is 4.03. The summed E-state index contributed by atoms with van der Waals surface area (Å²) in [5.41, 5.74) is 8.02. The molecule has 5 nitrogen and oxygen atoms in total. The Bertz CT molecular complexity index is 663. The summed E-state index contributed by atoms with van der Waals surface area (Å²) >= 11 is 0. The topological polar surface area (TPSA) is 71.2 Å². The molecule has 0 unspecified atom stereocenters. The van der Waals surface area contributed by atoms with Crippen LogP contribution >= 0.6 is 0 Å². The van der Waals surface area contributed by atoms with Crippen LogP contribution in [-0.4, -0.2) is 24.0 Å². The van der Waals surface area contributed by atoms with E-state index in [1.54, 1.807) is 6.20 Å². The van der Waals surface area contributed by atoms with E-state index in [9.17, 15) is 4.79 Å². The highest BCUT2D eigenvalue weighted by molar-refractivity contribution is 5.92. The Balaban J connectivity index is 1.58. The molecule has 3 rings (SSSR count). The lowest BCUT2D eigenvalue weighted by Gasteiger charge is -2.27. The molecule has 0 atom stereocenters. The molecule has 0 bridgehead atoms. The molecule has 1 amide bonds. The van der Waals surface area contributed by atoms with E-state index < -0.39 is 0 Å². The van der Waals surface area contributed by atoms with Gasteiger partial charge in [0, 0.05) is 18.8 Å². The number of benzene rings is 1. The molecule has 1 saturated heterocycles. The van der Waals surface area contributed by atoms with Crippen LogP contribution in [0.5, 0.6) is 0 Å². The number of amides is 1. The summed E-state index contributed by atoms with van der Waals surface area (Å²) < 4.78 is 0. The number of carbonyl (C=O) groups excluding carboxylic acids is 1. The number of piperidine rings is 1. The van der Waals surface area contributed by atoms with Crippen molar-refractivity contribution in [3.8, 4) is 0 Å². The Morgan fingerprint density at radius 3 is 2.70 bits per heavy atom. The van der Waals surface area contributed by atoms with E-state index in [0.717, 1.165) is 30.2 Å². The van der Waals surface area contributed by atoms with Crippen molar-refractivity contribution in [1.82, 2.24) is 4.98 Å². The Hall–Kier alpha value is -2.56. The summed E-state index contributed by atoms with van der Waals surface area (Å²) in [6.07, 6.45) is 5.77. The molecule has 1 fully saturated rings. The van der Waals surface area contributed by atoms with Gasteiger partial charge in [-0.25, -0.2) is 4.98 Å². The highest BCUT2D eigenvalue weighted by atomic mass is 16.1. The molecule has 0 saturated carbocycles. The van der Waals surface area contributed by atoms with E-state index in [-0.39, 0.29) is 5.91 Å². The molecule has 2 heterocycles. The van der Waals surface area contributed by atoms with Crippen molar-refractivity contribution in [3.63, 3.8) is 0 Å². The van der Waals surface area contributed by atoms with E-state index in [2.05, 4.69) is 15.2 Å². The van der Waals surface area contributed by atoms with Gasteiger partial charge in [-0.3, -0.25) is 4.79 Å². The van der Waals surface area contributed by atoms with Crippen LogP contribution in [0.4, 0.5) is 17.2 Å². The van der Waals surface area contributed by atoms with Gasteiger partial charge in [-0.2, -0.15) is 0 Å². The maximum Gasteiger partial charge on any atom is 0.228 e. The zero-order valence-electron chi connectivity index (χ0n) is 13.2. The number of anilines is 3. The summed E-state index contributed by atoms with van der Waals surface area (Å²) in [7, 11) is 0. The van der Waals surface area contributed by atoms with Gasteiger partial charge in [0.25, 0.3) is 0 Å². The SMILES string of the molecule is Nc1cccc(CC(=O)Nc2ccc(N3CCCCC3)nc2)c1. The highest BCUT2D eigenvalue weighted by Crippen LogP contribution is 2.19. The second kappa shape index (κ2) is 7.13. The van der Waals surface area contributed by atoms with Crippen molar-refractivity contribution in [2.75, 3.05) is 29.0 Å². The number of hydrogen-bond donors (Lipinski definition) is 2. The van der Waals surface area contributed by atoms with Crippen LogP contribution in [0.3, 0.4) is 0 Å². The van der Waals surface area contributed by atoms with Crippen LogP contribution < -0.4 is 16.0 Å². The smallest absolute Gasteiger partial charge is 0.228 e.